The third-order valence-corrected chi connectivity index (χ3v) is 4.40. The molecule has 0 bridgehead atoms. The molecule has 0 aliphatic heterocycles. The number of nitrogens with zero attached hydrogens (tertiary/aromatic N) is 2. The Morgan fingerprint density at radius 3 is 2.52 bits per heavy atom. The van der Waals surface area contributed by atoms with Crippen molar-refractivity contribution in [2.24, 2.45) is 0 Å². The Balaban J connectivity index is 1.71. The number of hydrogen-bond donors (Lipinski definition) is 1. The first-order valence-electron chi connectivity index (χ1n) is 7.59. The smallest absolute Gasteiger partial charge is 0.230 e. The number of aromatic nitrogens is 2. The van der Waals surface area contributed by atoms with Crippen molar-refractivity contribution >= 4 is 22.4 Å². The quantitative estimate of drug-likeness (QED) is 0.733. The van der Waals surface area contributed by atoms with E-state index < -0.39 is 0 Å². The Kier molecular flexibility index (Phi) is 5.25. The summed E-state index contributed by atoms with van der Waals surface area (Å²) in [6.07, 6.45) is 0.298. The second kappa shape index (κ2) is 7.76. The van der Waals surface area contributed by atoms with Gasteiger partial charge in [0.1, 0.15) is 5.01 Å². The van der Waals surface area contributed by atoms with Crippen molar-refractivity contribution in [3.8, 4) is 22.1 Å². The molecule has 3 aromatic rings. The zero-order valence-corrected chi connectivity index (χ0v) is 14.7. The predicted molar refractivity (Wildman–Crippen MR) is 97.2 cm³/mol. The summed E-state index contributed by atoms with van der Waals surface area (Å²) in [7, 11) is 3.17. The van der Waals surface area contributed by atoms with Gasteiger partial charge in [-0.3, -0.25) is 4.79 Å². The van der Waals surface area contributed by atoms with Crippen molar-refractivity contribution in [3.05, 3.63) is 54.1 Å². The molecule has 0 saturated carbocycles. The van der Waals surface area contributed by atoms with E-state index in [4.69, 9.17) is 9.47 Å². The van der Waals surface area contributed by atoms with Crippen molar-refractivity contribution < 1.29 is 14.3 Å². The first-order chi connectivity index (χ1) is 12.2. The summed E-state index contributed by atoms with van der Waals surface area (Å²) >= 11 is 1.31. The van der Waals surface area contributed by atoms with Gasteiger partial charge in [0, 0.05) is 5.56 Å². The van der Waals surface area contributed by atoms with Gasteiger partial charge in [0.2, 0.25) is 11.0 Å². The summed E-state index contributed by atoms with van der Waals surface area (Å²) in [6, 6.07) is 15.1. The van der Waals surface area contributed by atoms with E-state index in [9.17, 15) is 4.79 Å². The minimum absolute atomic E-state index is 0.124. The van der Waals surface area contributed by atoms with Crippen LogP contribution in [-0.2, 0) is 11.2 Å². The van der Waals surface area contributed by atoms with Crippen LogP contribution in [0.2, 0.25) is 0 Å². The number of anilines is 1. The van der Waals surface area contributed by atoms with Crippen molar-refractivity contribution in [3.63, 3.8) is 0 Å². The van der Waals surface area contributed by atoms with Gasteiger partial charge in [0.25, 0.3) is 0 Å². The summed E-state index contributed by atoms with van der Waals surface area (Å²) in [4.78, 5) is 12.1. The molecule has 7 heteroatoms. The fraction of sp³-hybridized carbons (Fsp3) is 0.167. The second-order valence-electron chi connectivity index (χ2n) is 5.19. The Hall–Kier alpha value is -2.93. The molecular weight excluding hydrogens is 338 g/mol. The summed E-state index contributed by atoms with van der Waals surface area (Å²) in [5.74, 6) is 1.14. The van der Waals surface area contributed by atoms with Crippen LogP contribution in [0, 0.1) is 0 Å². The maximum absolute atomic E-state index is 12.1. The molecule has 0 aliphatic rings. The summed E-state index contributed by atoms with van der Waals surface area (Å²) < 4.78 is 10.5. The van der Waals surface area contributed by atoms with Gasteiger partial charge >= 0.3 is 0 Å². The highest BCUT2D eigenvalue weighted by Crippen LogP contribution is 2.34. The third kappa shape index (κ3) is 4.13. The lowest BCUT2D eigenvalue weighted by Gasteiger charge is -2.07. The first kappa shape index (κ1) is 16.9. The monoisotopic (exact) mass is 355 g/mol. The Labute approximate surface area is 149 Å². The van der Waals surface area contributed by atoms with E-state index in [0.717, 1.165) is 11.1 Å². The molecule has 6 nitrogen and oxygen atoms in total. The summed E-state index contributed by atoms with van der Waals surface area (Å²) in [5, 5.41) is 12.1. The minimum Gasteiger partial charge on any atom is -0.493 e. The Bertz CT molecular complexity index is 865. The number of nitrogens with one attached hydrogen (secondary N) is 1. The average molecular weight is 355 g/mol. The molecule has 1 amide bonds. The highest BCUT2D eigenvalue weighted by molar-refractivity contribution is 7.18. The van der Waals surface area contributed by atoms with Crippen LogP contribution in [0.5, 0.6) is 11.5 Å². The van der Waals surface area contributed by atoms with E-state index in [1.807, 2.05) is 48.5 Å². The van der Waals surface area contributed by atoms with Crippen molar-refractivity contribution in [1.82, 2.24) is 10.2 Å². The molecule has 0 spiro atoms. The van der Waals surface area contributed by atoms with Crippen LogP contribution >= 0.6 is 11.3 Å². The maximum atomic E-state index is 12.1. The van der Waals surface area contributed by atoms with Crippen LogP contribution in [0.1, 0.15) is 5.56 Å². The summed E-state index contributed by atoms with van der Waals surface area (Å²) in [5.41, 5.74) is 1.79. The number of rotatable bonds is 6. The molecule has 0 aliphatic carbocycles. The topological polar surface area (TPSA) is 73.3 Å². The molecule has 1 N–H and O–H groups in total. The van der Waals surface area contributed by atoms with Gasteiger partial charge in [-0.05, 0) is 23.8 Å². The largest absolute Gasteiger partial charge is 0.493 e. The van der Waals surface area contributed by atoms with Gasteiger partial charge in [0.05, 0.1) is 20.6 Å². The number of methoxy groups -OCH3 is 2. The van der Waals surface area contributed by atoms with Gasteiger partial charge in [-0.1, -0.05) is 41.7 Å². The molecule has 25 heavy (non-hydrogen) atoms. The number of hydrogen-bond acceptors (Lipinski definition) is 6. The number of benzene rings is 2. The lowest BCUT2D eigenvalue weighted by molar-refractivity contribution is -0.115. The SMILES string of the molecule is COc1ccc(-c2nnc(NC(=O)Cc3ccccc3)s2)cc1OC. The maximum Gasteiger partial charge on any atom is 0.230 e. The fourth-order valence-corrected chi connectivity index (χ4v) is 3.06. The molecule has 1 heterocycles. The molecule has 1 aromatic heterocycles. The van der Waals surface area contributed by atoms with Gasteiger partial charge in [-0.25, -0.2) is 0 Å². The Morgan fingerprint density at radius 1 is 1.04 bits per heavy atom. The average Bonchev–Trinajstić information content (AvgIpc) is 3.10. The van der Waals surface area contributed by atoms with Crippen molar-refractivity contribution in [1.29, 1.82) is 0 Å². The van der Waals surface area contributed by atoms with Gasteiger partial charge in [-0.2, -0.15) is 0 Å². The van der Waals surface area contributed by atoms with Crippen molar-refractivity contribution in [2.75, 3.05) is 19.5 Å². The Morgan fingerprint density at radius 2 is 1.80 bits per heavy atom. The van der Waals surface area contributed by atoms with Crippen LogP contribution in [0.3, 0.4) is 0 Å². The highest BCUT2D eigenvalue weighted by atomic mass is 32.1. The number of carbonyl (C=O) groups is 1. The van der Waals surface area contributed by atoms with Crippen LogP contribution in [-0.4, -0.2) is 30.3 Å². The molecule has 0 fully saturated rings. The molecule has 0 atom stereocenters. The standard InChI is InChI=1S/C18H17N3O3S/c1-23-14-9-8-13(11-15(14)24-2)17-20-21-18(25-17)19-16(22)10-12-6-4-3-5-7-12/h3-9,11H,10H2,1-2H3,(H,19,21,22). The predicted octanol–water partition coefficient (Wildman–Crippen LogP) is 3.40. The van der Waals surface area contributed by atoms with E-state index in [1.54, 1.807) is 14.2 Å². The van der Waals surface area contributed by atoms with Crippen LogP contribution in [0.15, 0.2) is 48.5 Å². The molecule has 3 rings (SSSR count). The van der Waals surface area contributed by atoms with E-state index >= 15 is 0 Å². The lowest BCUT2D eigenvalue weighted by Crippen LogP contribution is -2.14. The zero-order valence-electron chi connectivity index (χ0n) is 13.9. The van der Waals surface area contributed by atoms with Crippen LogP contribution in [0.25, 0.3) is 10.6 Å². The normalized spacial score (nSPS) is 10.3. The number of amides is 1. The third-order valence-electron chi connectivity index (χ3n) is 3.51. The zero-order chi connectivity index (χ0) is 17.6. The number of carbonyl (C=O) groups excluding carboxylic acids is 1. The van der Waals surface area contributed by atoms with Gasteiger partial charge in [0.15, 0.2) is 11.5 Å². The molecule has 0 unspecified atom stereocenters. The first-order valence-corrected chi connectivity index (χ1v) is 8.41. The molecule has 2 aromatic carbocycles. The lowest BCUT2D eigenvalue weighted by atomic mass is 10.1. The fourth-order valence-electron chi connectivity index (χ4n) is 2.30. The van der Waals surface area contributed by atoms with Gasteiger partial charge in [-0.15, -0.1) is 10.2 Å². The number of ether oxygens (including phenoxy) is 2. The van der Waals surface area contributed by atoms with Crippen molar-refractivity contribution in [2.45, 2.75) is 6.42 Å². The molecule has 0 saturated heterocycles. The molecule has 0 radical (unpaired) electrons. The van der Waals surface area contributed by atoms with E-state index in [1.165, 1.54) is 11.3 Å². The highest BCUT2D eigenvalue weighted by Gasteiger charge is 2.12. The minimum atomic E-state index is -0.124. The van der Waals surface area contributed by atoms with Crippen LogP contribution in [0.4, 0.5) is 5.13 Å². The summed E-state index contributed by atoms with van der Waals surface area (Å²) in [6.45, 7) is 0. The molecule has 128 valence electrons. The van der Waals surface area contributed by atoms with E-state index in [-0.39, 0.29) is 5.91 Å². The van der Waals surface area contributed by atoms with Gasteiger partial charge < -0.3 is 14.8 Å². The molecular formula is C18H17N3O3S. The van der Waals surface area contributed by atoms with E-state index in [0.29, 0.717) is 28.1 Å². The second-order valence-corrected chi connectivity index (χ2v) is 6.17. The van der Waals surface area contributed by atoms with Crippen LogP contribution < -0.4 is 14.8 Å². The van der Waals surface area contributed by atoms with E-state index in [2.05, 4.69) is 15.5 Å².